The van der Waals surface area contributed by atoms with Crippen LogP contribution in [-0.2, 0) is 4.79 Å². The van der Waals surface area contributed by atoms with E-state index in [1.807, 2.05) is 0 Å². The van der Waals surface area contributed by atoms with Gasteiger partial charge in [0.1, 0.15) is 0 Å². The number of carboxylic acid groups (broad SMARTS) is 1. The summed E-state index contributed by atoms with van der Waals surface area (Å²) >= 11 is 0. The number of carboxylic acids is 1. The second-order valence-corrected chi connectivity index (χ2v) is 9.16. The van der Waals surface area contributed by atoms with Gasteiger partial charge in [0.15, 0.2) is 0 Å². The molecule has 0 bridgehead atoms. The van der Waals surface area contributed by atoms with E-state index < -0.39 is 5.97 Å². The Morgan fingerprint density at radius 2 is 1.62 bits per heavy atom. The molecule has 1 heterocycles. The van der Waals surface area contributed by atoms with Crippen molar-refractivity contribution in [2.45, 2.75) is 96.6 Å². The molecule has 1 aliphatic heterocycles. The molecule has 2 saturated carbocycles. The highest BCUT2D eigenvalue weighted by molar-refractivity contribution is 5.70. The van der Waals surface area contributed by atoms with Gasteiger partial charge < -0.3 is 10.4 Å². The average Bonchev–Trinajstić information content (AvgIpc) is 2.59. The molecule has 2 N–H and O–H groups in total. The standard InChI is InChI=1S/C21H37NO2/c1-14-11-17(21(23)24)12-15(2)19(14)13-18-9-6-10-20(22-18)16-7-4-3-5-8-16/h14-20,22H,3-13H2,1-2H3,(H,23,24). The number of nitrogens with one attached hydrogen (secondary N) is 1. The molecule has 3 heteroatoms. The monoisotopic (exact) mass is 335 g/mol. The van der Waals surface area contributed by atoms with Gasteiger partial charge in [-0.1, -0.05) is 39.5 Å². The van der Waals surface area contributed by atoms with Crippen LogP contribution in [0.3, 0.4) is 0 Å². The quantitative estimate of drug-likeness (QED) is 0.772. The largest absolute Gasteiger partial charge is 0.481 e. The van der Waals surface area contributed by atoms with Gasteiger partial charge in [-0.05, 0) is 68.6 Å². The molecule has 4 unspecified atom stereocenters. The van der Waals surface area contributed by atoms with Crippen molar-refractivity contribution < 1.29 is 9.90 Å². The number of rotatable bonds is 4. The maximum Gasteiger partial charge on any atom is 0.306 e. The minimum absolute atomic E-state index is 0.111. The first-order valence-electron chi connectivity index (χ1n) is 10.5. The van der Waals surface area contributed by atoms with Gasteiger partial charge in [0.05, 0.1) is 5.92 Å². The lowest BCUT2D eigenvalue weighted by Crippen LogP contribution is -2.48. The summed E-state index contributed by atoms with van der Waals surface area (Å²) in [6.45, 7) is 4.58. The van der Waals surface area contributed by atoms with Crippen molar-refractivity contribution >= 4 is 5.97 Å². The van der Waals surface area contributed by atoms with Crippen molar-refractivity contribution in [2.75, 3.05) is 0 Å². The van der Waals surface area contributed by atoms with Crippen LogP contribution in [0.2, 0.25) is 0 Å². The first kappa shape index (κ1) is 18.2. The van der Waals surface area contributed by atoms with Crippen LogP contribution in [-0.4, -0.2) is 23.2 Å². The second-order valence-electron chi connectivity index (χ2n) is 9.16. The zero-order chi connectivity index (χ0) is 17.1. The van der Waals surface area contributed by atoms with Crippen molar-refractivity contribution in [3.63, 3.8) is 0 Å². The summed E-state index contributed by atoms with van der Waals surface area (Å²) in [6, 6.07) is 1.42. The molecular formula is C21H37NO2. The highest BCUT2D eigenvalue weighted by Crippen LogP contribution is 2.41. The van der Waals surface area contributed by atoms with Gasteiger partial charge in [0.2, 0.25) is 0 Å². The van der Waals surface area contributed by atoms with Gasteiger partial charge in [0, 0.05) is 12.1 Å². The fourth-order valence-electron chi connectivity index (χ4n) is 6.05. The van der Waals surface area contributed by atoms with E-state index in [-0.39, 0.29) is 5.92 Å². The van der Waals surface area contributed by atoms with E-state index in [1.165, 1.54) is 57.8 Å². The minimum atomic E-state index is -0.583. The number of hydrogen-bond donors (Lipinski definition) is 2. The summed E-state index contributed by atoms with van der Waals surface area (Å²) in [5.41, 5.74) is 0. The Labute approximate surface area is 148 Å². The Morgan fingerprint density at radius 1 is 0.958 bits per heavy atom. The minimum Gasteiger partial charge on any atom is -0.481 e. The SMILES string of the molecule is CC1CC(C(=O)O)CC(C)C1CC1CCCC(C2CCCCC2)N1. The third-order valence-electron chi connectivity index (χ3n) is 7.42. The summed E-state index contributed by atoms with van der Waals surface area (Å²) in [7, 11) is 0. The van der Waals surface area contributed by atoms with E-state index in [0.29, 0.717) is 23.8 Å². The third-order valence-corrected chi connectivity index (χ3v) is 7.42. The Kier molecular flexibility index (Phi) is 6.23. The molecule has 1 saturated heterocycles. The van der Waals surface area contributed by atoms with Crippen molar-refractivity contribution in [1.29, 1.82) is 0 Å². The van der Waals surface area contributed by atoms with Gasteiger partial charge in [-0.25, -0.2) is 0 Å². The number of piperidine rings is 1. The molecule has 0 aromatic rings. The molecule has 3 fully saturated rings. The molecule has 0 aromatic carbocycles. The first-order chi connectivity index (χ1) is 11.5. The fraction of sp³-hybridized carbons (Fsp3) is 0.952. The van der Waals surface area contributed by atoms with E-state index in [4.69, 9.17) is 0 Å². The lowest BCUT2D eigenvalue weighted by Gasteiger charge is -2.43. The maximum absolute atomic E-state index is 11.3. The van der Waals surface area contributed by atoms with E-state index >= 15 is 0 Å². The van der Waals surface area contributed by atoms with Crippen LogP contribution >= 0.6 is 0 Å². The van der Waals surface area contributed by atoms with E-state index in [1.54, 1.807) is 0 Å². The van der Waals surface area contributed by atoms with Crippen LogP contribution in [0.5, 0.6) is 0 Å². The number of hydrogen-bond acceptors (Lipinski definition) is 2. The summed E-state index contributed by atoms with van der Waals surface area (Å²) in [5.74, 6) is 2.02. The molecule has 3 rings (SSSR count). The van der Waals surface area contributed by atoms with Gasteiger partial charge in [0.25, 0.3) is 0 Å². The molecule has 3 nitrogen and oxygen atoms in total. The van der Waals surface area contributed by atoms with Crippen LogP contribution in [0.1, 0.15) is 84.5 Å². The summed E-state index contributed by atoms with van der Waals surface area (Å²) in [4.78, 5) is 11.3. The summed E-state index contributed by atoms with van der Waals surface area (Å²) < 4.78 is 0. The molecule has 0 amide bonds. The normalized spacial score (nSPS) is 41.9. The van der Waals surface area contributed by atoms with Crippen molar-refractivity contribution in [1.82, 2.24) is 5.32 Å². The van der Waals surface area contributed by atoms with Crippen molar-refractivity contribution in [3.8, 4) is 0 Å². The van der Waals surface area contributed by atoms with Crippen LogP contribution in [0.15, 0.2) is 0 Å². The second kappa shape index (κ2) is 8.21. The maximum atomic E-state index is 11.3. The molecule has 3 aliphatic rings. The zero-order valence-corrected chi connectivity index (χ0v) is 15.7. The summed E-state index contributed by atoms with van der Waals surface area (Å²) in [5, 5.41) is 13.4. The van der Waals surface area contributed by atoms with Crippen molar-refractivity contribution in [2.24, 2.45) is 29.6 Å². The Balaban J connectivity index is 1.54. The lowest BCUT2D eigenvalue weighted by molar-refractivity contribution is -0.144. The topological polar surface area (TPSA) is 49.3 Å². The summed E-state index contributed by atoms with van der Waals surface area (Å²) in [6.07, 6.45) is 14.3. The fourth-order valence-corrected chi connectivity index (χ4v) is 6.05. The Morgan fingerprint density at radius 3 is 2.25 bits per heavy atom. The molecular weight excluding hydrogens is 298 g/mol. The van der Waals surface area contributed by atoms with Crippen LogP contribution in [0.4, 0.5) is 0 Å². The highest BCUT2D eigenvalue weighted by atomic mass is 16.4. The molecule has 0 aromatic heterocycles. The van der Waals surface area contributed by atoms with E-state index in [2.05, 4.69) is 19.2 Å². The molecule has 4 atom stereocenters. The Bertz CT molecular complexity index is 406. The lowest BCUT2D eigenvalue weighted by atomic mass is 9.66. The van der Waals surface area contributed by atoms with E-state index in [9.17, 15) is 9.90 Å². The average molecular weight is 336 g/mol. The van der Waals surface area contributed by atoms with Crippen LogP contribution < -0.4 is 5.32 Å². The van der Waals surface area contributed by atoms with Crippen LogP contribution in [0, 0.1) is 29.6 Å². The highest BCUT2D eigenvalue weighted by Gasteiger charge is 2.38. The predicted octanol–water partition coefficient (Wildman–Crippen LogP) is 4.85. The molecule has 138 valence electrons. The van der Waals surface area contributed by atoms with Gasteiger partial charge in [-0.3, -0.25) is 4.79 Å². The molecule has 2 aliphatic carbocycles. The zero-order valence-electron chi connectivity index (χ0n) is 15.7. The molecule has 0 radical (unpaired) electrons. The molecule has 0 spiro atoms. The smallest absolute Gasteiger partial charge is 0.306 e. The number of carbonyl (C=O) groups is 1. The van der Waals surface area contributed by atoms with Gasteiger partial charge in [-0.2, -0.15) is 0 Å². The predicted molar refractivity (Wildman–Crippen MR) is 97.9 cm³/mol. The number of aliphatic carboxylic acids is 1. The molecule has 24 heavy (non-hydrogen) atoms. The van der Waals surface area contributed by atoms with Gasteiger partial charge >= 0.3 is 5.97 Å². The third kappa shape index (κ3) is 4.33. The first-order valence-corrected chi connectivity index (χ1v) is 10.5. The Hall–Kier alpha value is -0.570. The van der Waals surface area contributed by atoms with Crippen LogP contribution in [0.25, 0.3) is 0 Å². The van der Waals surface area contributed by atoms with E-state index in [0.717, 1.165) is 24.8 Å². The van der Waals surface area contributed by atoms with Crippen molar-refractivity contribution in [3.05, 3.63) is 0 Å². The van der Waals surface area contributed by atoms with Gasteiger partial charge in [-0.15, -0.1) is 0 Å².